The lowest BCUT2D eigenvalue weighted by atomic mass is 10.2. The van der Waals surface area contributed by atoms with Gasteiger partial charge in [-0.2, -0.15) is 5.10 Å². The molecule has 4 rings (SSSR count). The number of hydrogen-bond donors (Lipinski definition) is 2. The molecule has 1 aliphatic carbocycles. The third-order valence-electron chi connectivity index (χ3n) is 4.56. The lowest BCUT2D eigenvalue weighted by Gasteiger charge is -2.11. The Balaban J connectivity index is 1.50. The van der Waals surface area contributed by atoms with Gasteiger partial charge in [0, 0.05) is 17.0 Å². The maximum absolute atomic E-state index is 12.5. The van der Waals surface area contributed by atoms with E-state index in [1.165, 1.54) is 12.1 Å². The van der Waals surface area contributed by atoms with Crippen LogP contribution in [0.4, 0.5) is 5.82 Å². The quantitative estimate of drug-likeness (QED) is 0.622. The number of anilines is 1. The van der Waals surface area contributed by atoms with E-state index in [0.29, 0.717) is 16.8 Å². The van der Waals surface area contributed by atoms with Gasteiger partial charge in [0.15, 0.2) is 6.61 Å². The third kappa shape index (κ3) is 4.41. The first-order valence-electron chi connectivity index (χ1n) is 9.18. The number of nitrogens with zero attached hydrogens (tertiary/aromatic N) is 2. The number of benzene rings is 2. The molecule has 0 radical (unpaired) electrons. The molecule has 0 spiro atoms. The summed E-state index contributed by atoms with van der Waals surface area (Å²) < 4.78 is 7.21. The SMILES string of the molecule is NC(=O)c1cc(Cl)ccc1OCC(=O)Nc1cc(C2CC2)nn1-c1ccccc1. The van der Waals surface area contributed by atoms with Gasteiger partial charge in [-0.15, -0.1) is 0 Å². The fraction of sp³-hybridized carbons (Fsp3) is 0.190. The molecule has 1 saturated carbocycles. The van der Waals surface area contributed by atoms with E-state index in [4.69, 9.17) is 22.1 Å². The molecule has 0 atom stereocenters. The molecule has 1 fully saturated rings. The minimum Gasteiger partial charge on any atom is -0.483 e. The van der Waals surface area contributed by atoms with Crippen molar-refractivity contribution in [3.05, 3.63) is 70.9 Å². The fourth-order valence-electron chi connectivity index (χ4n) is 2.98. The van der Waals surface area contributed by atoms with E-state index < -0.39 is 5.91 Å². The van der Waals surface area contributed by atoms with Crippen molar-refractivity contribution < 1.29 is 14.3 Å². The van der Waals surface area contributed by atoms with E-state index in [1.54, 1.807) is 10.7 Å². The van der Waals surface area contributed by atoms with Gasteiger partial charge in [0.05, 0.1) is 16.9 Å². The van der Waals surface area contributed by atoms with Gasteiger partial charge in [-0.05, 0) is 43.2 Å². The molecule has 3 N–H and O–H groups in total. The Hall–Kier alpha value is -3.32. The van der Waals surface area contributed by atoms with Crippen LogP contribution in [0.2, 0.25) is 5.02 Å². The molecule has 2 amide bonds. The molecule has 1 aliphatic rings. The normalized spacial score (nSPS) is 13.1. The van der Waals surface area contributed by atoms with Crippen molar-refractivity contribution >= 4 is 29.2 Å². The highest BCUT2D eigenvalue weighted by molar-refractivity contribution is 6.31. The van der Waals surface area contributed by atoms with Gasteiger partial charge in [-0.1, -0.05) is 29.8 Å². The molecule has 0 unspecified atom stereocenters. The summed E-state index contributed by atoms with van der Waals surface area (Å²) in [6.45, 7) is -0.291. The summed E-state index contributed by atoms with van der Waals surface area (Å²) in [5.74, 6) is 0.151. The average molecular weight is 411 g/mol. The lowest BCUT2D eigenvalue weighted by Crippen LogP contribution is -2.23. The summed E-state index contributed by atoms with van der Waals surface area (Å²) in [6.07, 6.45) is 2.21. The van der Waals surface area contributed by atoms with Crippen molar-refractivity contribution in [1.82, 2.24) is 9.78 Å². The first kappa shape index (κ1) is 19.0. The van der Waals surface area contributed by atoms with Crippen LogP contribution in [0.25, 0.3) is 5.69 Å². The summed E-state index contributed by atoms with van der Waals surface area (Å²) in [4.78, 5) is 24.0. The van der Waals surface area contributed by atoms with Gasteiger partial charge in [-0.25, -0.2) is 4.68 Å². The van der Waals surface area contributed by atoms with Crippen molar-refractivity contribution in [3.8, 4) is 11.4 Å². The third-order valence-corrected chi connectivity index (χ3v) is 4.79. The number of nitrogens with two attached hydrogens (primary N) is 1. The fourth-order valence-corrected chi connectivity index (χ4v) is 3.15. The van der Waals surface area contributed by atoms with Crippen molar-refractivity contribution in [2.45, 2.75) is 18.8 Å². The smallest absolute Gasteiger partial charge is 0.263 e. The minimum atomic E-state index is -0.681. The van der Waals surface area contributed by atoms with Gasteiger partial charge in [0.25, 0.3) is 11.8 Å². The molecule has 7 nitrogen and oxygen atoms in total. The van der Waals surface area contributed by atoms with Crippen molar-refractivity contribution in [2.75, 3.05) is 11.9 Å². The van der Waals surface area contributed by atoms with Gasteiger partial charge >= 0.3 is 0 Å². The number of hydrogen-bond acceptors (Lipinski definition) is 4. The molecular weight excluding hydrogens is 392 g/mol. The van der Waals surface area contributed by atoms with Crippen LogP contribution >= 0.6 is 11.6 Å². The molecule has 29 heavy (non-hydrogen) atoms. The van der Waals surface area contributed by atoms with E-state index >= 15 is 0 Å². The number of carbonyl (C=O) groups excluding carboxylic acids is 2. The number of amides is 2. The number of rotatable bonds is 7. The van der Waals surface area contributed by atoms with Crippen LogP contribution in [-0.4, -0.2) is 28.2 Å². The number of aromatic nitrogens is 2. The lowest BCUT2D eigenvalue weighted by molar-refractivity contribution is -0.118. The second-order valence-corrected chi connectivity index (χ2v) is 7.25. The highest BCUT2D eigenvalue weighted by Gasteiger charge is 2.28. The second-order valence-electron chi connectivity index (χ2n) is 6.82. The van der Waals surface area contributed by atoms with E-state index in [9.17, 15) is 9.59 Å². The zero-order valence-electron chi connectivity index (χ0n) is 15.5. The zero-order valence-corrected chi connectivity index (χ0v) is 16.2. The summed E-state index contributed by atoms with van der Waals surface area (Å²) in [5.41, 5.74) is 7.27. The van der Waals surface area contributed by atoms with Gasteiger partial charge in [-0.3, -0.25) is 9.59 Å². The first-order valence-corrected chi connectivity index (χ1v) is 9.56. The Bertz CT molecular complexity index is 1060. The summed E-state index contributed by atoms with van der Waals surface area (Å²) in [7, 11) is 0. The van der Waals surface area contributed by atoms with Crippen LogP contribution in [0, 0.1) is 0 Å². The van der Waals surface area contributed by atoms with Gasteiger partial charge < -0.3 is 15.8 Å². The van der Waals surface area contributed by atoms with E-state index in [2.05, 4.69) is 10.4 Å². The summed E-state index contributed by atoms with van der Waals surface area (Å²) in [6, 6.07) is 15.9. The van der Waals surface area contributed by atoms with E-state index in [-0.39, 0.29) is 23.8 Å². The van der Waals surface area contributed by atoms with Crippen LogP contribution in [-0.2, 0) is 4.79 Å². The van der Waals surface area contributed by atoms with Crippen LogP contribution in [0.5, 0.6) is 5.75 Å². The molecule has 1 heterocycles. The molecule has 1 aromatic heterocycles. The first-order chi connectivity index (χ1) is 14.0. The van der Waals surface area contributed by atoms with Crippen molar-refractivity contribution in [2.24, 2.45) is 5.73 Å². The number of nitrogens with one attached hydrogen (secondary N) is 1. The van der Waals surface area contributed by atoms with Crippen LogP contribution in [0.1, 0.15) is 34.8 Å². The molecule has 148 valence electrons. The van der Waals surface area contributed by atoms with Gasteiger partial charge in [0.2, 0.25) is 0 Å². The molecule has 2 aromatic carbocycles. The topological polar surface area (TPSA) is 99.2 Å². The highest BCUT2D eigenvalue weighted by atomic mass is 35.5. The maximum Gasteiger partial charge on any atom is 0.263 e. The predicted octanol–water partition coefficient (Wildman–Crippen LogP) is 3.52. The van der Waals surface area contributed by atoms with Crippen LogP contribution in [0.15, 0.2) is 54.6 Å². The maximum atomic E-state index is 12.5. The Morgan fingerprint density at radius 2 is 1.93 bits per heavy atom. The Kier molecular flexibility index (Phi) is 5.22. The summed E-state index contributed by atoms with van der Waals surface area (Å²) >= 11 is 5.89. The standard InChI is InChI=1S/C21H19ClN4O3/c22-14-8-9-18(16(10-14)21(23)28)29-12-20(27)24-19-11-17(13-6-7-13)25-26(19)15-4-2-1-3-5-15/h1-5,8-11,13H,6-7,12H2,(H2,23,28)(H,24,27). The molecular formula is C21H19ClN4O3. The van der Waals surface area contributed by atoms with E-state index in [1.807, 2.05) is 36.4 Å². The van der Waals surface area contributed by atoms with Crippen molar-refractivity contribution in [3.63, 3.8) is 0 Å². The Labute approximate surface area is 172 Å². The zero-order chi connectivity index (χ0) is 20.4. The number of halogens is 1. The molecule has 0 aliphatic heterocycles. The molecule has 0 bridgehead atoms. The molecule has 0 saturated heterocycles. The number of ether oxygens (including phenoxy) is 1. The summed E-state index contributed by atoms with van der Waals surface area (Å²) in [5, 5.41) is 7.84. The monoisotopic (exact) mass is 410 g/mol. The van der Waals surface area contributed by atoms with Crippen LogP contribution in [0.3, 0.4) is 0 Å². The van der Waals surface area contributed by atoms with Crippen LogP contribution < -0.4 is 15.8 Å². The van der Waals surface area contributed by atoms with Gasteiger partial charge in [0.1, 0.15) is 11.6 Å². The number of carbonyl (C=O) groups is 2. The number of para-hydroxylation sites is 1. The Morgan fingerprint density at radius 3 is 2.62 bits per heavy atom. The second kappa shape index (κ2) is 7.97. The predicted molar refractivity (Wildman–Crippen MR) is 110 cm³/mol. The number of primary amides is 1. The minimum absolute atomic E-state index is 0.121. The van der Waals surface area contributed by atoms with Crippen molar-refractivity contribution in [1.29, 1.82) is 0 Å². The van der Waals surface area contributed by atoms with E-state index in [0.717, 1.165) is 24.2 Å². The largest absolute Gasteiger partial charge is 0.483 e. The molecule has 8 heteroatoms. The average Bonchev–Trinajstić information content (AvgIpc) is 3.48. The highest BCUT2D eigenvalue weighted by Crippen LogP contribution is 2.40. The Morgan fingerprint density at radius 1 is 1.17 bits per heavy atom. The molecule has 3 aromatic rings.